The number of nitrogens with zero attached hydrogens (tertiary/aromatic N) is 4. The second-order valence-electron chi connectivity index (χ2n) is 3.16. The van der Waals surface area contributed by atoms with Crippen LogP contribution in [0.1, 0.15) is 17.6 Å². The molecular weight excluding hydrogens is 180 g/mol. The van der Waals surface area contributed by atoms with Crippen LogP contribution in [-0.2, 0) is 13.5 Å². The molecular formula is C8H12N6. The van der Waals surface area contributed by atoms with Crippen LogP contribution in [0.2, 0.25) is 0 Å². The number of aryl methyl sites for hydroxylation is 1. The van der Waals surface area contributed by atoms with Crippen molar-refractivity contribution in [2.45, 2.75) is 12.5 Å². The summed E-state index contributed by atoms with van der Waals surface area (Å²) in [5, 5.41) is 10.7. The van der Waals surface area contributed by atoms with E-state index in [1.165, 1.54) is 6.33 Å². The molecule has 2 aromatic heterocycles. The summed E-state index contributed by atoms with van der Waals surface area (Å²) < 4.78 is 1.75. The number of hydrogen-bond donors (Lipinski definition) is 2. The van der Waals surface area contributed by atoms with Crippen LogP contribution < -0.4 is 5.73 Å². The summed E-state index contributed by atoms with van der Waals surface area (Å²) in [5.41, 5.74) is 6.85. The van der Waals surface area contributed by atoms with Gasteiger partial charge in [0.25, 0.3) is 0 Å². The molecule has 1 atom stereocenters. The van der Waals surface area contributed by atoms with Crippen LogP contribution in [0.3, 0.4) is 0 Å². The molecule has 0 aromatic carbocycles. The SMILES string of the molecule is Cn1ccc(CC(N)c2ncn[nH]2)n1. The van der Waals surface area contributed by atoms with Gasteiger partial charge in [-0.2, -0.15) is 10.2 Å². The quantitative estimate of drug-likeness (QED) is 0.704. The highest BCUT2D eigenvalue weighted by Gasteiger charge is 2.10. The first-order chi connectivity index (χ1) is 6.75. The van der Waals surface area contributed by atoms with E-state index in [1.807, 2.05) is 19.3 Å². The van der Waals surface area contributed by atoms with Crippen molar-refractivity contribution < 1.29 is 0 Å². The van der Waals surface area contributed by atoms with E-state index in [2.05, 4.69) is 20.3 Å². The second kappa shape index (κ2) is 3.59. The molecule has 1 unspecified atom stereocenters. The Labute approximate surface area is 81.1 Å². The number of H-pyrrole nitrogens is 1. The summed E-state index contributed by atoms with van der Waals surface area (Å²) in [6.45, 7) is 0. The van der Waals surface area contributed by atoms with E-state index >= 15 is 0 Å². The maximum Gasteiger partial charge on any atom is 0.141 e. The molecule has 0 aliphatic carbocycles. The number of hydrogen-bond acceptors (Lipinski definition) is 4. The zero-order chi connectivity index (χ0) is 9.97. The van der Waals surface area contributed by atoms with Gasteiger partial charge in [0.15, 0.2) is 0 Å². The number of nitrogens with one attached hydrogen (secondary N) is 1. The summed E-state index contributed by atoms with van der Waals surface area (Å²) in [7, 11) is 1.88. The smallest absolute Gasteiger partial charge is 0.141 e. The highest BCUT2D eigenvalue weighted by atomic mass is 15.2. The van der Waals surface area contributed by atoms with Gasteiger partial charge in [-0.05, 0) is 6.07 Å². The third kappa shape index (κ3) is 1.80. The molecule has 14 heavy (non-hydrogen) atoms. The Hall–Kier alpha value is -1.69. The molecule has 2 aromatic rings. The third-order valence-corrected chi connectivity index (χ3v) is 1.98. The minimum absolute atomic E-state index is 0.174. The Bertz CT molecular complexity index is 390. The van der Waals surface area contributed by atoms with Crippen LogP contribution in [0.4, 0.5) is 0 Å². The van der Waals surface area contributed by atoms with E-state index in [9.17, 15) is 0 Å². The molecule has 0 saturated heterocycles. The van der Waals surface area contributed by atoms with Crippen LogP contribution in [0.25, 0.3) is 0 Å². The van der Waals surface area contributed by atoms with Crippen LogP contribution in [0.15, 0.2) is 18.6 Å². The number of nitrogens with two attached hydrogens (primary N) is 1. The molecule has 0 bridgehead atoms. The minimum atomic E-state index is -0.174. The van der Waals surface area contributed by atoms with E-state index in [0.717, 1.165) is 5.69 Å². The Morgan fingerprint density at radius 2 is 2.50 bits per heavy atom. The van der Waals surface area contributed by atoms with E-state index in [1.54, 1.807) is 4.68 Å². The first kappa shape index (κ1) is 8.89. The fraction of sp³-hybridized carbons (Fsp3) is 0.375. The van der Waals surface area contributed by atoms with Gasteiger partial charge in [-0.25, -0.2) is 4.98 Å². The summed E-state index contributed by atoms with van der Waals surface area (Å²) in [4.78, 5) is 3.99. The van der Waals surface area contributed by atoms with Crippen molar-refractivity contribution in [3.05, 3.63) is 30.1 Å². The monoisotopic (exact) mass is 192 g/mol. The van der Waals surface area contributed by atoms with Crippen LogP contribution in [0.5, 0.6) is 0 Å². The van der Waals surface area contributed by atoms with Gasteiger partial charge in [0, 0.05) is 19.7 Å². The highest BCUT2D eigenvalue weighted by Crippen LogP contribution is 2.09. The van der Waals surface area contributed by atoms with Crippen LogP contribution >= 0.6 is 0 Å². The zero-order valence-corrected chi connectivity index (χ0v) is 7.88. The normalized spacial score (nSPS) is 13.0. The van der Waals surface area contributed by atoms with Crippen molar-refractivity contribution in [1.82, 2.24) is 25.0 Å². The van der Waals surface area contributed by atoms with Crippen molar-refractivity contribution in [3.63, 3.8) is 0 Å². The van der Waals surface area contributed by atoms with Gasteiger partial charge < -0.3 is 5.73 Å². The Kier molecular flexibility index (Phi) is 2.28. The van der Waals surface area contributed by atoms with Crippen LogP contribution in [0, 0.1) is 0 Å². The molecule has 0 saturated carbocycles. The minimum Gasteiger partial charge on any atom is -0.321 e. The van der Waals surface area contributed by atoms with Gasteiger partial charge in [-0.15, -0.1) is 0 Å². The molecule has 0 fully saturated rings. The van der Waals surface area contributed by atoms with Gasteiger partial charge in [0.05, 0.1) is 11.7 Å². The van der Waals surface area contributed by atoms with Crippen molar-refractivity contribution >= 4 is 0 Å². The lowest BCUT2D eigenvalue weighted by Gasteiger charge is -2.04. The van der Waals surface area contributed by atoms with Gasteiger partial charge >= 0.3 is 0 Å². The number of aromatic nitrogens is 5. The summed E-state index contributed by atoms with van der Waals surface area (Å²) in [5.74, 6) is 0.690. The molecule has 2 rings (SSSR count). The Morgan fingerprint density at radius 3 is 3.07 bits per heavy atom. The lowest BCUT2D eigenvalue weighted by molar-refractivity contribution is 0.643. The topological polar surface area (TPSA) is 85.4 Å². The average Bonchev–Trinajstić information content (AvgIpc) is 2.75. The van der Waals surface area contributed by atoms with Gasteiger partial charge in [0.2, 0.25) is 0 Å². The largest absolute Gasteiger partial charge is 0.321 e. The Morgan fingerprint density at radius 1 is 1.64 bits per heavy atom. The molecule has 0 spiro atoms. The van der Waals surface area contributed by atoms with E-state index in [-0.39, 0.29) is 6.04 Å². The second-order valence-corrected chi connectivity index (χ2v) is 3.16. The lowest BCUT2D eigenvalue weighted by atomic mass is 10.1. The molecule has 0 radical (unpaired) electrons. The van der Waals surface area contributed by atoms with Gasteiger partial charge in [-0.3, -0.25) is 9.78 Å². The highest BCUT2D eigenvalue weighted by molar-refractivity contribution is 5.04. The van der Waals surface area contributed by atoms with E-state index < -0.39 is 0 Å². The maximum absolute atomic E-state index is 5.90. The van der Waals surface area contributed by atoms with E-state index in [0.29, 0.717) is 12.2 Å². The number of aromatic amines is 1. The molecule has 3 N–H and O–H groups in total. The Balaban J connectivity index is 2.05. The molecule has 2 heterocycles. The summed E-state index contributed by atoms with van der Waals surface area (Å²) in [6.07, 6.45) is 4.01. The van der Waals surface area contributed by atoms with Crippen molar-refractivity contribution in [2.75, 3.05) is 0 Å². The fourth-order valence-corrected chi connectivity index (χ4v) is 1.29. The zero-order valence-electron chi connectivity index (χ0n) is 7.88. The van der Waals surface area contributed by atoms with Crippen LogP contribution in [-0.4, -0.2) is 25.0 Å². The average molecular weight is 192 g/mol. The standard InChI is InChI=1S/C8H12N6/c1-14-3-2-6(13-14)4-7(9)8-10-5-11-12-8/h2-3,5,7H,4,9H2,1H3,(H,10,11,12). The van der Waals surface area contributed by atoms with Gasteiger partial charge in [0.1, 0.15) is 12.2 Å². The van der Waals surface area contributed by atoms with Crippen molar-refractivity contribution in [2.24, 2.45) is 12.8 Å². The third-order valence-electron chi connectivity index (χ3n) is 1.98. The van der Waals surface area contributed by atoms with E-state index in [4.69, 9.17) is 5.73 Å². The number of rotatable bonds is 3. The summed E-state index contributed by atoms with van der Waals surface area (Å²) >= 11 is 0. The molecule has 74 valence electrons. The lowest BCUT2D eigenvalue weighted by Crippen LogP contribution is -2.15. The first-order valence-corrected chi connectivity index (χ1v) is 4.35. The van der Waals surface area contributed by atoms with Gasteiger partial charge in [-0.1, -0.05) is 0 Å². The summed E-state index contributed by atoms with van der Waals surface area (Å²) in [6, 6.07) is 1.77. The maximum atomic E-state index is 5.90. The predicted octanol–water partition coefficient (Wildman–Crippen LogP) is -0.219. The molecule has 6 heteroatoms. The fourth-order valence-electron chi connectivity index (χ4n) is 1.29. The van der Waals surface area contributed by atoms with Crippen molar-refractivity contribution in [1.29, 1.82) is 0 Å². The first-order valence-electron chi connectivity index (χ1n) is 4.35. The van der Waals surface area contributed by atoms with Crippen molar-refractivity contribution in [3.8, 4) is 0 Å². The predicted molar refractivity (Wildman–Crippen MR) is 50.2 cm³/mol. The molecule has 6 nitrogen and oxygen atoms in total. The molecule has 0 amide bonds. The molecule has 0 aliphatic heterocycles. The molecule has 0 aliphatic rings.